The van der Waals surface area contributed by atoms with Gasteiger partial charge in [-0.3, -0.25) is 0 Å². The molecule has 2 aromatic rings. The summed E-state index contributed by atoms with van der Waals surface area (Å²) < 4.78 is 13.5. The Morgan fingerprint density at radius 1 is 0.800 bits per heavy atom. The van der Waals surface area contributed by atoms with Gasteiger partial charge in [0.25, 0.3) is 0 Å². The molecule has 0 N–H and O–H groups in total. The van der Waals surface area contributed by atoms with E-state index in [9.17, 15) is 4.39 Å². The second-order valence-corrected chi connectivity index (χ2v) is 8.44. The van der Waals surface area contributed by atoms with Gasteiger partial charge in [0.15, 0.2) is 0 Å². The van der Waals surface area contributed by atoms with E-state index >= 15 is 0 Å². The molecule has 0 bridgehead atoms. The summed E-state index contributed by atoms with van der Waals surface area (Å²) in [6.45, 7) is 26.8. The Morgan fingerprint density at radius 2 is 1.40 bits per heavy atom. The topological polar surface area (TPSA) is 0 Å². The van der Waals surface area contributed by atoms with Crippen molar-refractivity contribution in [2.75, 3.05) is 0 Å². The number of unbranched alkanes of at least 4 members (excludes halogenated alkanes) is 4. The van der Waals surface area contributed by atoms with Crippen LogP contribution >= 0.6 is 0 Å². The molecule has 0 unspecified atom stereocenters. The van der Waals surface area contributed by atoms with E-state index in [0.29, 0.717) is 11.1 Å². The van der Waals surface area contributed by atoms with E-state index in [1.54, 1.807) is 13.0 Å². The van der Waals surface area contributed by atoms with E-state index in [2.05, 4.69) is 72.2 Å². The van der Waals surface area contributed by atoms with Gasteiger partial charge < -0.3 is 0 Å². The molecule has 0 amide bonds. The van der Waals surface area contributed by atoms with Crippen LogP contribution in [0.5, 0.6) is 0 Å². The number of allylic oxidation sites excluding steroid dienone is 4. The number of benzene rings is 2. The van der Waals surface area contributed by atoms with Crippen LogP contribution in [0.25, 0.3) is 12.2 Å². The van der Waals surface area contributed by atoms with Crippen LogP contribution in [0.15, 0.2) is 86.5 Å². The van der Waals surface area contributed by atoms with Gasteiger partial charge in [0.2, 0.25) is 0 Å². The van der Waals surface area contributed by atoms with Crippen molar-refractivity contribution in [1.29, 1.82) is 0 Å². The zero-order valence-electron chi connectivity index (χ0n) is 23.3. The van der Waals surface area contributed by atoms with Gasteiger partial charge in [-0.25, -0.2) is 4.39 Å². The molecule has 0 aliphatic heterocycles. The molecule has 0 saturated heterocycles. The van der Waals surface area contributed by atoms with Crippen molar-refractivity contribution in [3.63, 3.8) is 0 Å². The number of aryl methyl sites for hydroxylation is 3. The van der Waals surface area contributed by atoms with Crippen molar-refractivity contribution in [2.45, 2.75) is 80.1 Å². The minimum absolute atomic E-state index is 0.199. The maximum Gasteiger partial charge on any atom is 0.133 e. The fraction of sp³-hybridized carbons (Fsp3) is 0.353. The van der Waals surface area contributed by atoms with Crippen LogP contribution in [-0.4, -0.2) is 0 Å². The lowest BCUT2D eigenvalue weighted by Gasteiger charge is -2.09. The molecule has 192 valence electrons. The Balaban J connectivity index is 0. The fourth-order valence-corrected chi connectivity index (χ4v) is 3.01. The molecule has 0 fully saturated rings. The van der Waals surface area contributed by atoms with Crippen molar-refractivity contribution in [3.8, 4) is 0 Å². The lowest BCUT2D eigenvalue weighted by atomic mass is 9.98. The summed E-state index contributed by atoms with van der Waals surface area (Å²) in [7, 11) is 0. The summed E-state index contributed by atoms with van der Waals surface area (Å²) in [5.74, 6) is -0.199. The van der Waals surface area contributed by atoms with E-state index in [1.165, 1.54) is 55.7 Å². The van der Waals surface area contributed by atoms with Crippen LogP contribution in [0.4, 0.5) is 4.39 Å². The second-order valence-electron chi connectivity index (χ2n) is 8.44. The molecular formula is C34H49F. The average Bonchev–Trinajstić information content (AvgIpc) is 2.86. The summed E-state index contributed by atoms with van der Waals surface area (Å²) in [4.78, 5) is 0. The predicted octanol–water partition coefficient (Wildman–Crippen LogP) is 11.4. The first-order valence-corrected chi connectivity index (χ1v) is 12.7. The number of hydrogen-bond acceptors (Lipinski definition) is 0. The first-order valence-electron chi connectivity index (χ1n) is 12.7. The Bertz CT molecular complexity index is 885. The fourth-order valence-electron chi connectivity index (χ4n) is 3.01. The van der Waals surface area contributed by atoms with Crippen LogP contribution in [0.1, 0.15) is 87.1 Å². The van der Waals surface area contributed by atoms with Crippen LogP contribution in [0, 0.1) is 26.6 Å². The molecule has 0 radical (unpaired) electrons. The Morgan fingerprint density at radius 3 is 1.80 bits per heavy atom. The standard InChI is InChI=1S/C12H13F.C8H14.C7H8.C7H14/c1-5-10-8(3)7-9(4)12(13)11(10)6-2;1-4-6-7-8(3)5-2;1-7-5-3-2-4-6-7;1-3-5-7-6-4-2/h5-7H,1-2H2,3-4H3;5,7H,2,4,6H2,1,3H3;2-6H,1H3;3H,1,4-7H2,2H3/b;8-7-;;. The highest BCUT2D eigenvalue weighted by atomic mass is 19.1. The van der Waals surface area contributed by atoms with Gasteiger partial charge in [-0.15, -0.1) is 6.58 Å². The maximum absolute atomic E-state index is 13.5. The molecule has 0 spiro atoms. The smallest absolute Gasteiger partial charge is 0.133 e. The Kier molecular flexibility index (Phi) is 22.3. The van der Waals surface area contributed by atoms with E-state index in [-0.39, 0.29) is 5.82 Å². The Labute approximate surface area is 216 Å². The highest BCUT2D eigenvalue weighted by Gasteiger charge is 2.08. The molecule has 35 heavy (non-hydrogen) atoms. The van der Waals surface area contributed by atoms with Gasteiger partial charge in [-0.05, 0) is 63.6 Å². The van der Waals surface area contributed by atoms with Crippen molar-refractivity contribution in [1.82, 2.24) is 0 Å². The van der Waals surface area contributed by atoms with Crippen molar-refractivity contribution >= 4 is 12.2 Å². The normalized spacial score (nSPS) is 9.74. The summed E-state index contributed by atoms with van der Waals surface area (Å²) in [5.41, 5.74) is 5.67. The third-order valence-electron chi connectivity index (χ3n) is 5.17. The van der Waals surface area contributed by atoms with Crippen LogP contribution in [-0.2, 0) is 0 Å². The molecule has 2 aromatic carbocycles. The van der Waals surface area contributed by atoms with Gasteiger partial charge in [-0.1, -0.05) is 131 Å². The quantitative estimate of drug-likeness (QED) is 0.192. The number of halogens is 1. The molecule has 0 aliphatic rings. The Hall–Kier alpha value is -2.93. The highest BCUT2D eigenvalue weighted by Crippen LogP contribution is 2.23. The summed E-state index contributed by atoms with van der Waals surface area (Å²) >= 11 is 0. The maximum atomic E-state index is 13.5. The van der Waals surface area contributed by atoms with E-state index in [1.807, 2.05) is 43.3 Å². The molecule has 2 rings (SSSR count). The first kappa shape index (κ1) is 34.2. The first-order chi connectivity index (χ1) is 16.7. The summed E-state index contributed by atoms with van der Waals surface area (Å²) in [6, 6.07) is 12.1. The largest absolute Gasteiger partial charge is 0.206 e. The monoisotopic (exact) mass is 476 g/mol. The van der Waals surface area contributed by atoms with Gasteiger partial charge in [0.1, 0.15) is 5.82 Å². The van der Waals surface area contributed by atoms with Crippen molar-refractivity contribution in [2.24, 2.45) is 0 Å². The number of hydrogen-bond donors (Lipinski definition) is 0. The molecule has 1 heteroatoms. The molecular weight excluding hydrogens is 427 g/mol. The summed E-state index contributed by atoms with van der Waals surface area (Å²) in [6.07, 6.45) is 16.8. The van der Waals surface area contributed by atoms with Crippen molar-refractivity contribution < 1.29 is 4.39 Å². The van der Waals surface area contributed by atoms with E-state index < -0.39 is 0 Å². The highest BCUT2D eigenvalue weighted by molar-refractivity contribution is 5.67. The molecule has 0 aliphatic carbocycles. The molecule has 0 nitrogen and oxygen atoms in total. The molecule has 0 atom stereocenters. The number of rotatable bonds is 9. The average molecular weight is 477 g/mol. The molecule has 0 heterocycles. The third kappa shape index (κ3) is 17.2. The molecule has 0 saturated carbocycles. The van der Waals surface area contributed by atoms with Crippen LogP contribution in [0.3, 0.4) is 0 Å². The minimum Gasteiger partial charge on any atom is -0.206 e. The zero-order valence-corrected chi connectivity index (χ0v) is 23.3. The van der Waals surface area contributed by atoms with Gasteiger partial charge in [-0.2, -0.15) is 0 Å². The second kappa shape index (κ2) is 22.8. The van der Waals surface area contributed by atoms with Gasteiger partial charge in [0.05, 0.1) is 0 Å². The lowest BCUT2D eigenvalue weighted by Crippen LogP contribution is -1.94. The third-order valence-corrected chi connectivity index (χ3v) is 5.17. The van der Waals surface area contributed by atoms with Crippen LogP contribution < -0.4 is 0 Å². The van der Waals surface area contributed by atoms with E-state index in [4.69, 9.17) is 0 Å². The molecule has 0 aromatic heterocycles. The SMILES string of the molecule is C=C/C(C)=C\CCC.C=CCCCCC.C=Cc1c(C)cc(C)c(F)c1C=C.Cc1ccccc1. The van der Waals surface area contributed by atoms with E-state index in [0.717, 1.165) is 11.1 Å². The van der Waals surface area contributed by atoms with Crippen molar-refractivity contribution in [3.05, 3.63) is 120 Å². The predicted molar refractivity (Wildman–Crippen MR) is 160 cm³/mol. The summed E-state index contributed by atoms with van der Waals surface area (Å²) in [5, 5.41) is 0. The lowest BCUT2D eigenvalue weighted by molar-refractivity contribution is 0.615. The van der Waals surface area contributed by atoms with Crippen LogP contribution in [0.2, 0.25) is 0 Å². The van der Waals surface area contributed by atoms with Gasteiger partial charge >= 0.3 is 0 Å². The zero-order chi connectivity index (χ0) is 27.1. The minimum atomic E-state index is -0.199. The van der Waals surface area contributed by atoms with Gasteiger partial charge in [0, 0.05) is 5.56 Å².